The Kier molecular flexibility index (Phi) is 5.38. The third-order valence-electron chi connectivity index (χ3n) is 3.86. The van der Waals surface area contributed by atoms with Gasteiger partial charge >= 0.3 is 5.97 Å². The van der Waals surface area contributed by atoms with Crippen LogP contribution < -0.4 is 5.32 Å². The summed E-state index contributed by atoms with van der Waals surface area (Å²) < 4.78 is 9.86. The van der Waals surface area contributed by atoms with Crippen molar-refractivity contribution in [1.29, 1.82) is 0 Å². The molecule has 0 unspecified atom stereocenters. The highest BCUT2D eigenvalue weighted by Gasteiger charge is 2.11. The molecule has 0 radical (unpaired) electrons. The van der Waals surface area contributed by atoms with Gasteiger partial charge in [0.05, 0.1) is 24.5 Å². The number of benzene rings is 2. The zero-order valence-corrected chi connectivity index (χ0v) is 14.9. The predicted molar refractivity (Wildman–Crippen MR) is 102 cm³/mol. The third-order valence-corrected chi connectivity index (χ3v) is 3.86. The molecular formula is C22H17NO4. The molecule has 0 saturated heterocycles. The van der Waals surface area contributed by atoms with Crippen molar-refractivity contribution in [2.75, 3.05) is 12.4 Å². The van der Waals surface area contributed by atoms with Gasteiger partial charge in [-0.3, -0.25) is 4.79 Å². The van der Waals surface area contributed by atoms with Gasteiger partial charge < -0.3 is 14.5 Å². The first-order valence-corrected chi connectivity index (χ1v) is 8.23. The maximum Gasteiger partial charge on any atom is 0.337 e. The summed E-state index contributed by atoms with van der Waals surface area (Å²) in [4.78, 5) is 23.9. The predicted octanol–water partition coefficient (Wildman–Crippen LogP) is 4.03. The van der Waals surface area contributed by atoms with E-state index in [1.54, 1.807) is 43.3 Å². The maximum absolute atomic E-state index is 12.3. The number of furan rings is 1. The van der Waals surface area contributed by atoms with E-state index < -0.39 is 5.97 Å². The number of hydrogen-bond acceptors (Lipinski definition) is 4. The first-order valence-electron chi connectivity index (χ1n) is 8.23. The van der Waals surface area contributed by atoms with Gasteiger partial charge in [-0.1, -0.05) is 24.0 Å². The fraction of sp³-hybridized carbons (Fsp3) is 0.0909. The van der Waals surface area contributed by atoms with Crippen LogP contribution in [0.5, 0.6) is 0 Å². The molecule has 0 aliphatic heterocycles. The second-order valence-corrected chi connectivity index (χ2v) is 5.75. The Balaban J connectivity index is 1.77. The summed E-state index contributed by atoms with van der Waals surface area (Å²) in [6.07, 6.45) is 1.48. The fourth-order valence-electron chi connectivity index (χ4n) is 2.48. The van der Waals surface area contributed by atoms with Crippen LogP contribution in [0.3, 0.4) is 0 Å². The van der Waals surface area contributed by atoms with Crippen LogP contribution in [0.4, 0.5) is 5.69 Å². The van der Waals surface area contributed by atoms with Crippen molar-refractivity contribution in [3.05, 3.63) is 88.9 Å². The maximum atomic E-state index is 12.3. The van der Waals surface area contributed by atoms with Crippen LogP contribution in [-0.2, 0) is 4.74 Å². The van der Waals surface area contributed by atoms with Gasteiger partial charge in [0.2, 0.25) is 0 Å². The van der Waals surface area contributed by atoms with Crippen LogP contribution in [0.15, 0.2) is 65.3 Å². The Hall–Kier alpha value is -3.78. The van der Waals surface area contributed by atoms with Gasteiger partial charge in [-0.25, -0.2) is 4.79 Å². The van der Waals surface area contributed by atoms with Crippen LogP contribution in [0.25, 0.3) is 0 Å². The number of carbonyl (C=O) groups excluding carboxylic acids is 2. The number of anilines is 1. The van der Waals surface area contributed by atoms with Crippen molar-refractivity contribution in [2.24, 2.45) is 0 Å². The highest BCUT2D eigenvalue weighted by Crippen LogP contribution is 2.15. The van der Waals surface area contributed by atoms with Gasteiger partial charge in [0.25, 0.3) is 5.91 Å². The van der Waals surface area contributed by atoms with Gasteiger partial charge in [-0.15, -0.1) is 0 Å². The van der Waals surface area contributed by atoms with Gasteiger partial charge in [0.1, 0.15) is 5.76 Å². The zero-order valence-electron chi connectivity index (χ0n) is 14.9. The second kappa shape index (κ2) is 8.07. The van der Waals surface area contributed by atoms with Gasteiger partial charge in [-0.2, -0.15) is 0 Å². The van der Waals surface area contributed by atoms with Crippen LogP contribution in [0.2, 0.25) is 0 Å². The Morgan fingerprint density at radius 1 is 1.00 bits per heavy atom. The molecule has 0 aliphatic rings. The third kappa shape index (κ3) is 4.44. The number of nitrogens with one attached hydrogen (secondary N) is 1. The van der Waals surface area contributed by atoms with Gasteiger partial charge in [0, 0.05) is 16.8 Å². The number of hydrogen-bond donors (Lipinski definition) is 1. The Bertz CT molecular complexity index is 1050. The van der Waals surface area contributed by atoms with Crippen molar-refractivity contribution in [3.8, 4) is 11.8 Å². The minimum Gasteiger partial charge on any atom is -0.469 e. The number of carbonyl (C=O) groups is 2. The summed E-state index contributed by atoms with van der Waals surface area (Å²) >= 11 is 0. The standard InChI is InChI=1S/C22H17NO4/c1-15-20(11-12-27-15)21(24)23-19-8-4-6-17(14-19)10-9-16-5-3-7-18(13-16)22(25)26-2/h3-8,11-14H,1-2H3,(H,23,24). The van der Waals surface area contributed by atoms with E-state index in [4.69, 9.17) is 9.15 Å². The molecular weight excluding hydrogens is 342 g/mol. The van der Waals surface area contributed by atoms with E-state index in [1.165, 1.54) is 13.4 Å². The molecule has 1 N–H and O–H groups in total. The molecule has 0 bridgehead atoms. The van der Waals surface area contributed by atoms with Crippen LogP contribution in [0.1, 0.15) is 37.6 Å². The molecule has 3 aromatic rings. The van der Waals surface area contributed by atoms with E-state index in [-0.39, 0.29) is 5.91 Å². The number of amides is 1. The van der Waals surface area contributed by atoms with E-state index >= 15 is 0 Å². The molecule has 0 fully saturated rings. The molecule has 0 saturated carbocycles. The fourth-order valence-corrected chi connectivity index (χ4v) is 2.48. The molecule has 134 valence electrons. The molecule has 5 heteroatoms. The lowest BCUT2D eigenvalue weighted by Gasteiger charge is -2.04. The lowest BCUT2D eigenvalue weighted by Crippen LogP contribution is -2.12. The average Bonchev–Trinajstić information content (AvgIpc) is 3.12. The molecule has 1 amide bonds. The van der Waals surface area contributed by atoms with Gasteiger partial charge in [-0.05, 0) is 49.4 Å². The highest BCUT2D eigenvalue weighted by molar-refractivity contribution is 6.04. The molecule has 0 aliphatic carbocycles. The van der Waals surface area contributed by atoms with Gasteiger partial charge in [0.15, 0.2) is 0 Å². The van der Waals surface area contributed by atoms with E-state index in [0.717, 1.165) is 5.56 Å². The van der Waals surface area contributed by atoms with E-state index in [0.29, 0.717) is 28.1 Å². The molecule has 27 heavy (non-hydrogen) atoms. The van der Waals surface area contributed by atoms with Crippen molar-refractivity contribution in [3.63, 3.8) is 0 Å². The van der Waals surface area contributed by atoms with Crippen LogP contribution >= 0.6 is 0 Å². The van der Waals surface area contributed by atoms with E-state index in [1.807, 2.05) is 18.2 Å². The lowest BCUT2D eigenvalue weighted by molar-refractivity contribution is 0.0600. The van der Waals surface area contributed by atoms with Crippen LogP contribution in [0, 0.1) is 18.8 Å². The smallest absolute Gasteiger partial charge is 0.337 e. The first-order chi connectivity index (χ1) is 13.1. The molecule has 1 heterocycles. The summed E-state index contributed by atoms with van der Waals surface area (Å²) in [5.74, 6) is 5.97. The van der Waals surface area contributed by atoms with Crippen molar-refractivity contribution in [1.82, 2.24) is 0 Å². The topological polar surface area (TPSA) is 68.5 Å². The second-order valence-electron chi connectivity index (χ2n) is 5.75. The van der Waals surface area contributed by atoms with Crippen LogP contribution in [-0.4, -0.2) is 19.0 Å². The summed E-state index contributed by atoms with van der Waals surface area (Å²) in [6, 6.07) is 15.8. The number of rotatable bonds is 3. The largest absolute Gasteiger partial charge is 0.469 e. The number of methoxy groups -OCH3 is 1. The Morgan fingerprint density at radius 3 is 2.37 bits per heavy atom. The zero-order chi connectivity index (χ0) is 19.2. The minimum atomic E-state index is -0.405. The minimum absolute atomic E-state index is 0.239. The van der Waals surface area contributed by atoms with Crippen molar-refractivity contribution in [2.45, 2.75) is 6.92 Å². The number of esters is 1. The first kappa shape index (κ1) is 18.0. The van der Waals surface area contributed by atoms with Crippen molar-refractivity contribution < 1.29 is 18.7 Å². The number of ether oxygens (including phenoxy) is 1. The van der Waals surface area contributed by atoms with E-state index in [2.05, 4.69) is 17.2 Å². The molecule has 2 aromatic carbocycles. The summed E-state index contributed by atoms with van der Waals surface area (Å²) in [7, 11) is 1.34. The molecule has 0 atom stereocenters. The highest BCUT2D eigenvalue weighted by atomic mass is 16.5. The normalized spacial score (nSPS) is 9.85. The van der Waals surface area contributed by atoms with E-state index in [9.17, 15) is 9.59 Å². The molecule has 3 rings (SSSR count). The Labute approximate surface area is 157 Å². The SMILES string of the molecule is COC(=O)c1cccc(C#Cc2cccc(NC(=O)c3ccoc3C)c2)c1. The summed E-state index contributed by atoms with van der Waals surface area (Å²) in [6.45, 7) is 1.74. The molecule has 1 aromatic heterocycles. The molecule has 5 nitrogen and oxygen atoms in total. The molecule has 0 spiro atoms. The quantitative estimate of drug-likeness (QED) is 0.566. The lowest BCUT2D eigenvalue weighted by atomic mass is 10.1. The van der Waals surface area contributed by atoms with Crippen molar-refractivity contribution >= 4 is 17.6 Å². The monoisotopic (exact) mass is 359 g/mol. The Morgan fingerprint density at radius 2 is 1.70 bits per heavy atom. The average molecular weight is 359 g/mol. The summed E-state index contributed by atoms with van der Waals surface area (Å²) in [5, 5.41) is 2.83. The summed E-state index contributed by atoms with van der Waals surface area (Å²) in [5.41, 5.74) is 3.00. The number of aryl methyl sites for hydroxylation is 1.